The Morgan fingerprint density at radius 3 is 2.92 bits per heavy atom. The number of hydrogen-bond acceptors (Lipinski definition) is 4. The number of aromatic nitrogens is 4. The van der Waals surface area contributed by atoms with E-state index in [0.29, 0.717) is 17.8 Å². The lowest BCUT2D eigenvalue weighted by molar-refractivity contribution is -0.284. The van der Waals surface area contributed by atoms with Crippen molar-refractivity contribution in [3.63, 3.8) is 0 Å². The van der Waals surface area contributed by atoms with Crippen LogP contribution in [-0.4, -0.2) is 19.5 Å². The lowest BCUT2D eigenvalue weighted by Crippen LogP contribution is -2.03. The van der Waals surface area contributed by atoms with E-state index in [1.807, 2.05) is 6.92 Å². The van der Waals surface area contributed by atoms with Crippen LogP contribution in [0.1, 0.15) is 6.92 Å². The van der Waals surface area contributed by atoms with Crippen LogP contribution in [0.2, 0.25) is 0 Å². The van der Waals surface area contributed by atoms with Crippen LogP contribution >= 0.6 is 0 Å². The summed E-state index contributed by atoms with van der Waals surface area (Å²) in [6, 6.07) is -0.279. The van der Waals surface area contributed by atoms with Gasteiger partial charge in [0, 0.05) is 18.9 Å². The van der Waals surface area contributed by atoms with E-state index in [9.17, 15) is 5.11 Å². The lowest BCUT2D eigenvalue weighted by atomic mass is 10.6. The third kappa shape index (κ3) is 0.827. The van der Waals surface area contributed by atoms with Crippen molar-refractivity contribution >= 4 is 11.3 Å². The molecule has 0 fully saturated rings. The van der Waals surface area contributed by atoms with E-state index < -0.39 is 0 Å². The summed E-state index contributed by atoms with van der Waals surface area (Å²) in [5.41, 5.74) is 0.981. The topological polar surface area (TPSA) is 66.7 Å². The number of fused-ring (bicyclic) bond motifs is 1. The highest BCUT2D eigenvalue weighted by atomic mass is 16.3. The molecule has 0 bridgehead atoms. The van der Waals surface area contributed by atoms with Gasteiger partial charge in [-0.15, -0.1) is 0 Å². The first kappa shape index (κ1) is 7.02. The molecule has 0 aliphatic heterocycles. The lowest BCUT2D eigenvalue weighted by Gasteiger charge is -2.05. The van der Waals surface area contributed by atoms with E-state index in [1.165, 1.54) is 10.8 Å². The molecule has 0 saturated heterocycles. The van der Waals surface area contributed by atoms with Gasteiger partial charge in [-0.1, -0.05) is 0 Å². The predicted molar refractivity (Wildman–Crippen MR) is 40.4 cm³/mol. The van der Waals surface area contributed by atoms with E-state index in [1.54, 1.807) is 6.20 Å². The summed E-state index contributed by atoms with van der Waals surface area (Å²) in [5, 5.41) is 11.1. The first-order valence-electron chi connectivity index (χ1n) is 3.67. The Labute approximate surface area is 68.7 Å². The van der Waals surface area contributed by atoms with E-state index >= 15 is 0 Å². The van der Waals surface area contributed by atoms with E-state index in [2.05, 4.69) is 15.0 Å². The van der Waals surface area contributed by atoms with Crippen molar-refractivity contribution in [1.29, 1.82) is 0 Å². The zero-order chi connectivity index (χ0) is 8.55. The summed E-state index contributed by atoms with van der Waals surface area (Å²) in [6.45, 7) is 2.45. The molecule has 2 aromatic rings. The van der Waals surface area contributed by atoms with Gasteiger partial charge in [0.15, 0.2) is 11.3 Å². The molecule has 0 saturated carbocycles. The van der Waals surface area contributed by atoms with Gasteiger partial charge < -0.3 is 9.67 Å². The number of aryl methyl sites for hydroxylation is 1. The molecule has 0 spiro atoms. The van der Waals surface area contributed by atoms with Crippen LogP contribution in [0.3, 0.4) is 0 Å². The third-order valence-corrected chi connectivity index (χ3v) is 1.66. The fourth-order valence-corrected chi connectivity index (χ4v) is 1.12. The van der Waals surface area contributed by atoms with Crippen LogP contribution in [-0.2, 0) is 6.54 Å². The van der Waals surface area contributed by atoms with Gasteiger partial charge in [-0.05, 0) is 6.92 Å². The van der Waals surface area contributed by atoms with Crippen molar-refractivity contribution in [2.45, 2.75) is 13.5 Å². The van der Waals surface area contributed by atoms with Crippen molar-refractivity contribution in [3.8, 4) is 6.01 Å². The van der Waals surface area contributed by atoms with Crippen LogP contribution in [0, 0.1) is 0 Å². The van der Waals surface area contributed by atoms with Crippen LogP contribution in [0.5, 0.6) is 6.01 Å². The molecule has 0 aromatic carbocycles. The minimum absolute atomic E-state index is 0.279. The molecule has 62 valence electrons. The summed E-state index contributed by atoms with van der Waals surface area (Å²) < 4.78 is 1.49. The second-order valence-corrected chi connectivity index (χ2v) is 2.34. The van der Waals surface area contributed by atoms with E-state index in [4.69, 9.17) is 0 Å². The summed E-state index contributed by atoms with van der Waals surface area (Å²) in [4.78, 5) is 11.6. The number of hydrogen-bond donors (Lipinski definition) is 0. The largest absolute Gasteiger partial charge is 0.846 e. The van der Waals surface area contributed by atoms with Crippen molar-refractivity contribution in [2.24, 2.45) is 0 Å². The Bertz CT molecular complexity index is 409. The smallest absolute Gasteiger partial charge is 0.196 e. The molecule has 5 heteroatoms. The van der Waals surface area contributed by atoms with Gasteiger partial charge in [0.25, 0.3) is 0 Å². The Hall–Kier alpha value is -1.65. The summed E-state index contributed by atoms with van der Waals surface area (Å²) >= 11 is 0. The highest BCUT2D eigenvalue weighted by Crippen LogP contribution is 2.12. The molecule has 2 aromatic heterocycles. The molecular weight excluding hydrogens is 156 g/mol. The Morgan fingerprint density at radius 2 is 2.17 bits per heavy atom. The normalized spacial score (nSPS) is 10.8. The third-order valence-electron chi connectivity index (χ3n) is 1.66. The van der Waals surface area contributed by atoms with Crippen LogP contribution < -0.4 is 5.11 Å². The quantitative estimate of drug-likeness (QED) is 0.589. The van der Waals surface area contributed by atoms with Gasteiger partial charge in [0.2, 0.25) is 0 Å². The first-order chi connectivity index (χ1) is 5.83. The predicted octanol–water partition coefficient (Wildman–Crippen LogP) is -0.0802. The zero-order valence-corrected chi connectivity index (χ0v) is 6.56. The maximum absolute atomic E-state index is 11.1. The summed E-state index contributed by atoms with van der Waals surface area (Å²) in [7, 11) is 0. The molecule has 2 heterocycles. The molecule has 5 nitrogen and oxygen atoms in total. The molecule has 0 radical (unpaired) electrons. The molecule has 0 aliphatic rings. The fourth-order valence-electron chi connectivity index (χ4n) is 1.12. The van der Waals surface area contributed by atoms with Crippen molar-refractivity contribution < 1.29 is 5.11 Å². The molecule has 0 atom stereocenters. The van der Waals surface area contributed by atoms with Gasteiger partial charge in [-0.3, -0.25) is 0 Å². The molecule has 0 amide bonds. The average molecular weight is 163 g/mol. The first-order valence-corrected chi connectivity index (χ1v) is 3.67. The van der Waals surface area contributed by atoms with Crippen LogP contribution in [0.25, 0.3) is 11.3 Å². The zero-order valence-electron chi connectivity index (χ0n) is 6.56. The van der Waals surface area contributed by atoms with Gasteiger partial charge in [0.05, 0.1) is 6.01 Å². The average Bonchev–Trinajstić information content (AvgIpc) is 2.40. The molecule has 0 N–H and O–H groups in total. The van der Waals surface area contributed by atoms with Gasteiger partial charge in [-0.25, -0.2) is 15.0 Å². The second kappa shape index (κ2) is 2.44. The monoisotopic (exact) mass is 163 g/mol. The van der Waals surface area contributed by atoms with Gasteiger partial charge in [0.1, 0.15) is 0 Å². The number of imidazole rings is 1. The van der Waals surface area contributed by atoms with Crippen molar-refractivity contribution in [1.82, 2.24) is 19.5 Å². The SMILES string of the molecule is CCn1c([O-])nc2nccnc21. The molecule has 0 unspecified atom stereocenters. The van der Waals surface area contributed by atoms with E-state index in [-0.39, 0.29) is 6.01 Å². The Balaban J connectivity index is 2.81. The van der Waals surface area contributed by atoms with Crippen molar-refractivity contribution in [2.75, 3.05) is 0 Å². The maximum atomic E-state index is 11.1. The number of rotatable bonds is 1. The Kier molecular flexibility index (Phi) is 1.43. The van der Waals surface area contributed by atoms with Gasteiger partial charge in [-0.2, -0.15) is 0 Å². The van der Waals surface area contributed by atoms with Crippen LogP contribution in [0.4, 0.5) is 0 Å². The molecular formula is C7H7N4O-. The van der Waals surface area contributed by atoms with Crippen molar-refractivity contribution in [3.05, 3.63) is 12.4 Å². The van der Waals surface area contributed by atoms with Crippen LogP contribution in [0.15, 0.2) is 12.4 Å². The maximum Gasteiger partial charge on any atom is 0.196 e. The highest BCUT2D eigenvalue weighted by Gasteiger charge is 2.02. The fraction of sp³-hybridized carbons (Fsp3) is 0.286. The summed E-state index contributed by atoms with van der Waals surface area (Å²) in [5.74, 6) is 0. The van der Waals surface area contributed by atoms with E-state index in [0.717, 1.165) is 0 Å². The summed E-state index contributed by atoms with van der Waals surface area (Å²) in [6.07, 6.45) is 3.07. The Morgan fingerprint density at radius 1 is 1.42 bits per heavy atom. The second-order valence-electron chi connectivity index (χ2n) is 2.34. The molecule has 12 heavy (non-hydrogen) atoms. The molecule has 2 rings (SSSR count). The highest BCUT2D eigenvalue weighted by molar-refractivity contribution is 5.66. The minimum Gasteiger partial charge on any atom is -0.846 e. The minimum atomic E-state index is -0.279. The molecule has 0 aliphatic carbocycles. The standard InChI is InChI=1S/C7H8N4O/c1-2-11-6-5(10-7(11)12)8-3-4-9-6/h3-4H,2H2,1H3,(H,8,10,12)/p-1. The van der Waals surface area contributed by atoms with Gasteiger partial charge >= 0.3 is 0 Å². The number of nitrogens with zero attached hydrogens (tertiary/aromatic N) is 4.